The molecule has 15 heavy (non-hydrogen) atoms. The summed E-state index contributed by atoms with van der Waals surface area (Å²) in [6.45, 7) is 2.02. The first-order valence-electron chi connectivity index (χ1n) is 5.50. The fraction of sp³-hybridized carbons (Fsp3) is 0.583. The van der Waals surface area contributed by atoms with E-state index in [2.05, 4.69) is 4.98 Å². The Kier molecular flexibility index (Phi) is 2.76. The highest BCUT2D eigenvalue weighted by Gasteiger charge is 2.33. The molecule has 0 spiro atoms. The second kappa shape index (κ2) is 3.91. The van der Waals surface area contributed by atoms with Crippen LogP contribution in [0.1, 0.15) is 36.9 Å². The molecule has 3 nitrogen and oxygen atoms in total. The summed E-state index contributed by atoms with van der Waals surface area (Å²) in [4.78, 5) is 4.39. The maximum atomic E-state index is 9.46. The number of hydrogen-bond acceptors (Lipinski definition) is 3. The van der Waals surface area contributed by atoms with Crippen molar-refractivity contribution in [2.45, 2.75) is 44.2 Å². The Morgan fingerprint density at radius 1 is 1.40 bits per heavy atom. The van der Waals surface area contributed by atoms with Crippen LogP contribution in [0.4, 0.5) is 0 Å². The zero-order valence-corrected chi connectivity index (χ0v) is 9.11. The molecule has 0 aromatic carbocycles. The molecule has 1 aromatic heterocycles. The molecule has 0 saturated heterocycles. The lowest BCUT2D eigenvalue weighted by molar-refractivity contribution is 0.0956. The van der Waals surface area contributed by atoms with E-state index in [0.717, 1.165) is 36.9 Å². The molecular formula is C12H18N2O. The number of aromatic nitrogens is 1. The van der Waals surface area contributed by atoms with Crippen LogP contribution in [0.15, 0.2) is 18.3 Å². The largest absolute Gasteiger partial charge is 0.393 e. The molecule has 0 atom stereocenters. The Hall–Kier alpha value is -0.930. The molecule has 2 rings (SSSR count). The molecule has 1 heterocycles. The molecule has 3 N–H and O–H groups in total. The van der Waals surface area contributed by atoms with Gasteiger partial charge in [-0.25, -0.2) is 0 Å². The first-order chi connectivity index (χ1) is 7.10. The number of nitrogens with two attached hydrogens (primary N) is 1. The summed E-state index contributed by atoms with van der Waals surface area (Å²) in [6.07, 6.45) is 4.90. The van der Waals surface area contributed by atoms with Crippen LogP contribution in [0.2, 0.25) is 0 Å². The Morgan fingerprint density at radius 2 is 2.07 bits per heavy atom. The van der Waals surface area contributed by atoms with Gasteiger partial charge in [-0.3, -0.25) is 4.98 Å². The SMILES string of the molecule is Cc1ccc(C2(N)CCC(O)CC2)nc1. The second-order valence-electron chi connectivity index (χ2n) is 4.61. The van der Waals surface area contributed by atoms with Crippen LogP contribution < -0.4 is 5.73 Å². The molecule has 1 aliphatic rings. The summed E-state index contributed by atoms with van der Waals surface area (Å²) in [5.41, 5.74) is 8.10. The van der Waals surface area contributed by atoms with Gasteiger partial charge in [-0.15, -0.1) is 0 Å². The van der Waals surface area contributed by atoms with E-state index in [9.17, 15) is 5.11 Å². The van der Waals surface area contributed by atoms with Crippen LogP contribution >= 0.6 is 0 Å². The van der Waals surface area contributed by atoms with Crippen LogP contribution in [0.5, 0.6) is 0 Å². The van der Waals surface area contributed by atoms with Gasteiger partial charge in [0.25, 0.3) is 0 Å². The van der Waals surface area contributed by atoms with Crippen molar-refractivity contribution in [2.24, 2.45) is 5.73 Å². The Bertz CT molecular complexity index is 326. The molecule has 1 fully saturated rings. The summed E-state index contributed by atoms with van der Waals surface area (Å²) in [6, 6.07) is 4.05. The van der Waals surface area contributed by atoms with Crippen molar-refractivity contribution >= 4 is 0 Å². The number of aliphatic hydroxyl groups excluding tert-OH is 1. The first-order valence-corrected chi connectivity index (χ1v) is 5.50. The van der Waals surface area contributed by atoms with Gasteiger partial charge in [0.05, 0.1) is 17.3 Å². The number of aryl methyl sites for hydroxylation is 1. The predicted octanol–water partition coefficient (Wildman–Crippen LogP) is 1.48. The molecule has 82 valence electrons. The normalized spacial score (nSPS) is 31.5. The Balaban J connectivity index is 2.18. The monoisotopic (exact) mass is 206 g/mol. The summed E-state index contributed by atoms with van der Waals surface area (Å²) in [7, 11) is 0. The van der Waals surface area contributed by atoms with Crippen LogP contribution in [-0.4, -0.2) is 16.2 Å². The van der Waals surface area contributed by atoms with Gasteiger partial charge in [-0.1, -0.05) is 6.07 Å². The van der Waals surface area contributed by atoms with Gasteiger partial charge < -0.3 is 10.8 Å². The fourth-order valence-electron chi connectivity index (χ4n) is 2.14. The minimum Gasteiger partial charge on any atom is -0.393 e. The lowest BCUT2D eigenvalue weighted by Crippen LogP contribution is -2.42. The maximum Gasteiger partial charge on any atom is 0.0602 e. The van der Waals surface area contributed by atoms with Crippen LogP contribution in [0.3, 0.4) is 0 Å². The highest BCUT2D eigenvalue weighted by atomic mass is 16.3. The van der Waals surface area contributed by atoms with E-state index in [0.29, 0.717) is 0 Å². The maximum absolute atomic E-state index is 9.46. The molecule has 1 saturated carbocycles. The van der Waals surface area contributed by atoms with Crippen molar-refractivity contribution in [3.8, 4) is 0 Å². The Morgan fingerprint density at radius 3 is 2.60 bits per heavy atom. The van der Waals surface area contributed by atoms with Crippen LogP contribution in [-0.2, 0) is 5.54 Å². The summed E-state index contributed by atoms with van der Waals surface area (Å²) < 4.78 is 0. The zero-order chi connectivity index (χ0) is 10.9. The summed E-state index contributed by atoms with van der Waals surface area (Å²) in [5, 5.41) is 9.46. The molecule has 3 heteroatoms. The summed E-state index contributed by atoms with van der Waals surface area (Å²) >= 11 is 0. The Labute approximate surface area is 90.3 Å². The van der Waals surface area contributed by atoms with Crippen molar-refractivity contribution in [3.63, 3.8) is 0 Å². The van der Waals surface area contributed by atoms with Crippen molar-refractivity contribution in [3.05, 3.63) is 29.6 Å². The number of rotatable bonds is 1. The molecule has 1 aliphatic carbocycles. The minimum absolute atomic E-state index is 0.174. The van der Waals surface area contributed by atoms with Gasteiger partial charge in [0.15, 0.2) is 0 Å². The van der Waals surface area contributed by atoms with Crippen LogP contribution in [0, 0.1) is 6.92 Å². The predicted molar refractivity (Wildman–Crippen MR) is 59.3 cm³/mol. The number of pyridine rings is 1. The van der Waals surface area contributed by atoms with Gasteiger partial charge in [-0.2, -0.15) is 0 Å². The molecule has 0 radical (unpaired) electrons. The third kappa shape index (κ3) is 2.19. The molecule has 0 amide bonds. The highest BCUT2D eigenvalue weighted by molar-refractivity contribution is 5.20. The third-order valence-electron chi connectivity index (χ3n) is 3.27. The topological polar surface area (TPSA) is 59.1 Å². The number of nitrogens with zero attached hydrogens (tertiary/aromatic N) is 1. The standard InChI is InChI=1S/C12H18N2O/c1-9-2-3-11(14-8-9)12(13)6-4-10(15)5-7-12/h2-3,8,10,15H,4-7,13H2,1H3. The van der Waals surface area contributed by atoms with E-state index in [1.807, 2.05) is 25.3 Å². The van der Waals surface area contributed by atoms with Gasteiger partial charge in [0.1, 0.15) is 0 Å². The van der Waals surface area contributed by atoms with Crippen molar-refractivity contribution in [1.82, 2.24) is 4.98 Å². The lowest BCUT2D eigenvalue weighted by atomic mass is 9.78. The van der Waals surface area contributed by atoms with Gasteiger partial charge >= 0.3 is 0 Å². The first kappa shape index (κ1) is 10.6. The molecular weight excluding hydrogens is 188 g/mol. The van der Waals surface area contributed by atoms with E-state index in [4.69, 9.17) is 5.73 Å². The summed E-state index contributed by atoms with van der Waals surface area (Å²) in [5.74, 6) is 0. The average molecular weight is 206 g/mol. The average Bonchev–Trinajstić information content (AvgIpc) is 2.24. The van der Waals surface area contributed by atoms with Crippen molar-refractivity contribution in [1.29, 1.82) is 0 Å². The minimum atomic E-state index is -0.326. The fourth-order valence-corrected chi connectivity index (χ4v) is 2.14. The van der Waals surface area contributed by atoms with Gasteiger partial charge in [0.2, 0.25) is 0 Å². The second-order valence-corrected chi connectivity index (χ2v) is 4.61. The highest BCUT2D eigenvalue weighted by Crippen LogP contribution is 2.33. The molecule has 0 bridgehead atoms. The smallest absolute Gasteiger partial charge is 0.0602 e. The van der Waals surface area contributed by atoms with E-state index < -0.39 is 0 Å². The van der Waals surface area contributed by atoms with Crippen molar-refractivity contribution in [2.75, 3.05) is 0 Å². The number of aliphatic hydroxyl groups is 1. The van der Waals surface area contributed by atoms with E-state index in [-0.39, 0.29) is 11.6 Å². The quantitative estimate of drug-likeness (QED) is 0.731. The molecule has 0 aliphatic heterocycles. The van der Waals surface area contributed by atoms with Gasteiger partial charge in [0, 0.05) is 6.20 Å². The number of hydrogen-bond donors (Lipinski definition) is 2. The zero-order valence-electron chi connectivity index (χ0n) is 9.11. The van der Waals surface area contributed by atoms with E-state index >= 15 is 0 Å². The third-order valence-corrected chi connectivity index (χ3v) is 3.27. The van der Waals surface area contributed by atoms with Gasteiger partial charge in [-0.05, 0) is 44.2 Å². The van der Waals surface area contributed by atoms with E-state index in [1.165, 1.54) is 0 Å². The van der Waals surface area contributed by atoms with Crippen molar-refractivity contribution < 1.29 is 5.11 Å². The molecule has 1 aromatic rings. The van der Waals surface area contributed by atoms with E-state index in [1.54, 1.807) is 0 Å². The van der Waals surface area contributed by atoms with Crippen LogP contribution in [0.25, 0.3) is 0 Å². The molecule has 0 unspecified atom stereocenters. The lowest BCUT2D eigenvalue weighted by Gasteiger charge is -2.35.